The van der Waals surface area contributed by atoms with Crippen LogP contribution in [0.5, 0.6) is 0 Å². The molecule has 4 rings (SSSR count). The average molecular weight is 220 g/mol. The van der Waals surface area contributed by atoms with Gasteiger partial charge in [-0.3, -0.25) is 0 Å². The van der Waals surface area contributed by atoms with Gasteiger partial charge in [0.2, 0.25) is 0 Å². The molecule has 0 atom stereocenters. The van der Waals surface area contributed by atoms with Gasteiger partial charge in [-0.05, 0) is 77.0 Å². The van der Waals surface area contributed by atoms with E-state index in [1.54, 1.807) is 16.7 Å². The second-order valence-corrected chi connectivity index (χ2v) is 5.31. The predicted octanol–water partition coefficient (Wildman–Crippen LogP) is 2.83. The molecule has 0 nitrogen and oxygen atoms in total. The van der Waals surface area contributed by atoms with Gasteiger partial charge in [0.25, 0.3) is 0 Å². The maximum absolute atomic E-state index is 2.38. The molecule has 3 aliphatic rings. The van der Waals surface area contributed by atoms with Gasteiger partial charge in [0.05, 0.1) is 0 Å². The van der Waals surface area contributed by atoms with Crippen molar-refractivity contribution in [2.75, 3.05) is 0 Å². The zero-order valence-electron chi connectivity index (χ0n) is 10.2. The summed E-state index contributed by atoms with van der Waals surface area (Å²) in [4.78, 5) is 0. The Morgan fingerprint density at radius 3 is 2.41 bits per heavy atom. The zero-order valence-corrected chi connectivity index (χ0v) is 10.2. The fourth-order valence-electron chi connectivity index (χ4n) is 3.40. The lowest BCUT2D eigenvalue weighted by Crippen LogP contribution is -2.26. The van der Waals surface area contributed by atoms with E-state index in [0.29, 0.717) is 0 Å². The van der Waals surface area contributed by atoms with E-state index in [9.17, 15) is 0 Å². The Bertz CT molecular complexity index is 696. The molecule has 0 heteroatoms. The van der Waals surface area contributed by atoms with Crippen LogP contribution in [-0.4, -0.2) is 0 Å². The molecule has 0 unspecified atom stereocenters. The molecule has 0 aromatic heterocycles. The minimum absolute atomic E-state index is 1.28. The molecule has 0 saturated heterocycles. The molecule has 1 aromatic carbocycles. The van der Waals surface area contributed by atoms with Gasteiger partial charge in [0, 0.05) is 0 Å². The number of fused-ring (bicyclic) bond motifs is 3. The van der Waals surface area contributed by atoms with Crippen LogP contribution in [0, 0.1) is 0 Å². The maximum atomic E-state index is 2.38. The second kappa shape index (κ2) is 3.22. The van der Waals surface area contributed by atoms with Crippen molar-refractivity contribution in [3.8, 4) is 0 Å². The number of hydrogen-bond acceptors (Lipinski definition) is 0. The highest BCUT2D eigenvalue weighted by Crippen LogP contribution is 2.44. The van der Waals surface area contributed by atoms with E-state index in [1.807, 2.05) is 0 Å². The lowest BCUT2D eigenvalue weighted by atomic mass is 9.86. The number of benzene rings is 1. The van der Waals surface area contributed by atoms with Crippen LogP contribution in [0.4, 0.5) is 0 Å². The van der Waals surface area contributed by atoms with Gasteiger partial charge in [-0.25, -0.2) is 0 Å². The van der Waals surface area contributed by atoms with Gasteiger partial charge in [0.15, 0.2) is 0 Å². The van der Waals surface area contributed by atoms with Gasteiger partial charge in [-0.1, -0.05) is 24.3 Å². The standard InChI is InChI=1S/C17H16/c1-11-12-6-2-4-8-14(12)16-10-17(16)15-9-5-3-7-13(11)15/h2,4,6,8,10H,3,5,7,9H2,1H3. The van der Waals surface area contributed by atoms with E-state index in [2.05, 4.69) is 37.3 Å². The Balaban J connectivity index is 2.13. The van der Waals surface area contributed by atoms with Crippen molar-refractivity contribution in [3.63, 3.8) is 0 Å². The van der Waals surface area contributed by atoms with Gasteiger partial charge in [-0.15, -0.1) is 0 Å². The first-order valence-corrected chi connectivity index (χ1v) is 6.61. The molecule has 0 amide bonds. The Morgan fingerprint density at radius 2 is 1.59 bits per heavy atom. The summed E-state index contributed by atoms with van der Waals surface area (Å²) in [6, 6.07) is 8.88. The highest BCUT2D eigenvalue weighted by atomic mass is 14.3. The van der Waals surface area contributed by atoms with E-state index < -0.39 is 0 Å². The van der Waals surface area contributed by atoms with Crippen molar-refractivity contribution >= 4 is 11.1 Å². The predicted molar refractivity (Wildman–Crippen MR) is 71.8 cm³/mol. The quantitative estimate of drug-likeness (QED) is 0.630. The van der Waals surface area contributed by atoms with Crippen LogP contribution >= 0.6 is 0 Å². The molecule has 0 heterocycles. The molecule has 0 aliphatic heterocycles. The summed E-state index contributed by atoms with van der Waals surface area (Å²) >= 11 is 0. The zero-order chi connectivity index (χ0) is 11.4. The molecular weight excluding hydrogens is 204 g/mol. The topological polar surface area (TPSA) is 0 Å². The average Bonchev–Trinajstić information content (AvgIpc) is 3.18. The molecule has 1 aromatic rings. The summed E-state index contributed by atoms with van der Waals surface area (Å²) in [6.45, 7) is 2.31. The third kappa shape index (κ3) is 1.24. The van der Waals surface area contributed by atoms with E-state index in [-0.39, 0.29) is 0 Å². The van der Waals surface area contributed by atoms with Gasteiger partial charge >= 0.3 is 0 Å². The first-order chi connectivity index (χ1) is 8.36. The summed E-state index contributed by atoms with van der Waals surface area (Å²) in [6.07, 6.45) is 7.68. The minimum Gasteiger partial charge on any atom is -0.0616 e. The molecule has 0 saturated carbocycles. The van der Waals surface area contributed by atoms with Gasteiger partial charge in [0.1, 0.15) is 0 Å². The molecule has 3 aliphatic carbocycles. The SMILES string of the molecule is CC1=c2ccccc2=C2C=C2C2=C1CCCC2. The van der Waals surface area contributed by atoms with Crippen LogP contribution in [0.3, 0.4) is 0 Å². The molecule has 0 spiro atoms. The normalized spacial score (nSPS) is 21.4. The van der Waals surface area contributed by atoms with E-state index in [1.165, 1.54) is 47.3 Å². The van der Waals surface area contributed by atoms with Crippen LogP contribution in [0.2, 0.25) is 0 Å². The molecule has 17 heavy (non-hydrogen) atoms. The number of allylic oxidation sites excluding steroid dienone is 4. The highest BCUT2D eigenvalue weighted by Gasteiger charge is 2.28. The van der Waals surface area contributed by atoms with Crippen molar-refractivity contribution in [2.45, 2.75) is 32.6 Å². The second-order valence-electron chi connectivity index (χ2n) is 5.31. The van der Waals surface area contributed by atoms with Gasteiger partial charge in [-0.2, -0.15) is 0 Å². The van der Waals surface area contributed by atoms with E-state index in [4.69, 9.17) is 0 Å². The first kappa shape index (κ1) is 9.47. The molecule has 84 valence electrons. The summed E-state index contributed by atoms with van der Waals surface area (Å²) < 4.78 is 0. The third-order valence-corrected chi connectivity index (χ3v) is 4.36. The van der Waals surface area contributed by atoms with Crippen LogP contribution in [0.1, 0.15) is 32.6 Å². The lowest BCUT2D eigenvalue weighted by molar-refractivity contribution is 0.693. The van der Waals surface area contributed by atoms with Crippen LogP contribution < -0.4 is 10.4 Å². The van der Waals surface area contributed by atoms with Crippen molar-refractivity contribution in [1.82, 2.24) is 0 Å². The Hall–Kier alpha value is -1.56. The largest absolute Gasteiger partial charge is 0.0616 e. The summed E-state index contributed by atoms with van der Waals surface area (Å²) in [5.41, 5.74) is 7.88. The lowest BCUT2D eigenvalue weighted by Gasteiger charge is -2.19. The van der Waals surface area contributed by atoms with E-state index in [0.717, 1.165) is 0 Å². The molecule has 0 N–H and O–H groups in total. The van der Waals surface area contributed by atoms with Crippen LogP contribution in [-0.2, 0) is 0 Å². The van der Waals surface area contributed by atoms with Crippen molar-refractivity contribution < 1.29 is 0 Å². The fourth-order valence-corrected chi connectivity index (χ4v) is 3.40. The fraction of sp³-hybridized carbons (Fsp3) is 0.294. The maximum Gasteiger partial charge on any atom is -0.00959 e. The van der Waals surface area contributed by atoms with Crippen molar-refractivity contribution in [1.29, 1.82) is 0 Å². The van der Waals surface area contributed by atoms with Crippen LogP contribution in [0.25, 0.3) is 11.1 Å². The smallest absolute Gasteiger partial charge is 0.00959 e. The number of hydrogen-bond donors (Lipinski definition) is 0. The van der Waals surface area contributed by atoms with Crippen LogP contribution in [0.15, 0.2) is 47.1 Å². The minimum atomic E-state index is 1.28. The summed E-state index contributed by atoms with van der Waals surface area (Å²) in [5, 5.41) is 2.91. The Morgan fingerprint density at radius 1 is 0.882 bits per heavy atom. The molecular formula is C17H16. The van der Waals surface area contributed by atoms with Gasteiger partial charge < -0.3 is 0 Å². The van der Waals surface area contributed by atoms with Crippen molar-refractivity contribution in [3.05, 3.63) is 57.5 Å². The molecule has 0 radical (unpaired) electrons. The summed E-state index contributed by atoms with van der Waals surface area (Å²) in [7, 11) is 0. The Labute approximate surface area is 102 Å². The summed E-state index contributed by atoms with van der Waals surface area (Å²) in [5.74, 6) is 0. The monoisotopic (exact) mass is 220 g/mol. The first-order valence-electron chi connectivity index (χ1n) is 6.61. The Kier molecular flexibility index (Phi) is 1.80. The molecule has 0 fully saturated rings. The highest BCUT2D eigenvalue weighted by molar-refractivity contribution is 5.97. The third-order valence-electron chi connectivity index (χ3n) is 4.36. The molecule has 0 bridgehead atoms. The van der Waals surface area contributed by atoms with Crippen molar-refractivity contribution in [2.24, 2.45) is 0 Å². The van der Waals surface area contributed by atoms with E-state index >= 15 is 0 Å². The number of rotatable bonds is 0.